The fourth-order valence-corrected chi connectivity index (χ4v) is 3.15. The van der Waals surface area contributed by atoms with E-state index in [1.54, 1.807) is 10.6 Å². The topological polar surface area (TPSA) is 45.1 Å². The van der Waals surface area contributed by atoms with Crippen LogP contribution < -0.4 is 10.7 Å². The Hall–Kier alpha value is -3.33. The van der Waals surface area contributed by atoms with Gasteiger partial charge in [-0.15, -0.1) is 0 Å². The summed E-state index contributed by atoms with van der Waals surface area (Å²) < 4.78 is 1.63. The maximum absolute atomic E-state index is 13.2. The van der Waals surface area contributed by atoms with Gasteiger partial charge in [0.25, 0.3) is 5.56 Å². The monoisotopic (exact) mass is 326 g/mol. The van der Waals surface area contributed by atoms with Crippen LogP contribution in [-0.2, 0) is 6.42 Å². The van der Waals surface area contributed by atoms with Crippen molar-refractivity contribution in [1.82, 2.24) is 4.57 Å². The van der Waals surface area contributed by atoms with Crippen molar-refractivity contribution in [3.05, 3.63) is 106 Å². The molecule has 1 heterocycles. The van der Waals surface area contributed by atoms with Gasteiger partial charge in [-0.1, -0.05) is 72.5 Å². The first-order chi connectivity index (χ1) is 12.3. The van der Waals surface area contributed by atoms with E-state index in [0.29, 0.717) is 22.9 Å². The number of hydrogen-bond donors (Lipinski definition) is 0. The molecule has 4 rings (SSSR count). The average molecular weight is 326 g/mol. The molecule has 0 aliphatic carbocycles. The van der Waals surface area contributed by atoms with Crippen molar-refractivity contribution in [2.45, 2.75) is 6.42 Å². The molecule has 3 heteroatoms. The minimum Gasteiger partial charge on any atom is -0.872 e. The van der Waals surface area contributed by atoms with E-state index in [2.05, 4.69) is 0 Å². The van der Waals surface area contributed by atoms with E-state index in [-0.39, 0.29) is 11.3 Å². The lowest BCUT2D eigenvalue weighted by atomic mass is 10.0. The van der Waals surface area contributed by atoms with Crippen LogP contribution in [0.15, 0.2) is 89.7 Å². The molecule has 25 heavy (non-hydrogen) atoms. The number of para-hydroxylation sites is 2. The highest BCUT2D eigenvalue weighted by molar-refractivity contribution is 5.87. The van der Waals surface area contributed by atoms with Crippen molar-refractivity contribution in [2.24, 2.45) is 0 Å². The summed E-state index contributed by atoms with van der Waals surface area (Å²) >= 11 is 0. The van der Waals surface area contributed by atoms with Gasteiger partial charge in [0.2, 0.25) is 0 Å². The Labute approximate surface area is 145 Å². The van der Waals surface area contributed by atoms with Crippen LogP contribution in [0.4, 0.5) is 0 Å². The van der Waals surface area contributed by atoms with Crippen LogP contribution in [0.5, 0.6) is 5.75 Å². The molecule has 0 aliphatic rings. The molecule has 0 aliphatic heterocycles. The second-order valence-corrected chi connectivity index (χ2v) is 5.96. The fraction of sp³-hybridized carbons (Fsp3) is 0.0455. The molecule has 122 valence electrons. The molecule has 4 aromatic rings. The van der Waals surface area contributed by atoms with Gasteiger partial charge in [-0.2, -0.15) is 0 Å². The van der Waals surface area contributed by atoms with Crippen LogP contribution in [0.3, 0.4) is 0 Å². The van der Waals surface area contributed by atoms with Crippen LogP contribution in [0.2, 0.25) is 0 Å². The molecule has 0 saturated carbocycles. The number of pyridine rings is 1. The third-order valence-electron chi connectivity index (χ3n) is 4.36. The normalized spacial score (nSPS) is 10.9. The molecule has 0 fully saturated rings. The average Bonchev–Trinajstić information content (AvgIpc) is 2.67. The molecular formula is C22H16NO2-. The molecule has 3 aromatic carbocycles. The van der Waals surface area contributed by atoms with Gasteiger partial charge < -0.3 is 5.11 Å². The van der Waals surface area contributed by atoms with Gasteiger partial charge >= 0.3 is 0 Å². The van der Waals surface area contributed by atoms with Crippen molar-refractivity contribution in [2.75, 3.05) is 0 Å². The largest absolute Gasteiger partial charge is 0.872 e. The summed E-state index contributed by atoms with van der Waals surface area (Å²) in [6, 6.07) is 26.3. The Morgan fingerprint density at radius 3 is 2.08 bits per heavy atom. The van der Waals surface area contributed by atoms with Crippen molar-refractivity contribution < 1.29 is 5.11 Å². The molecule has 3 nitrogen and oxygen atoms in total. The Morgan fingerprint density at radius 2 is 1.36 bits per heavy atom. The zero-order valence-electron chi connectivity index (χ0n) is 13.6. The van der Waals surface area contributed by atoms with E-state index in [4.69, 9.17) is 0 Å². The van der Waals surface area contributed by atoms with E-state index >= 15 is 0 Å². The summed E-state index contributed by atoms with van der Waals surface area (Å²) in [6.45, 7) is 0. The van der Waals surface area contributed by atoms with Gasteiger partial charge in [-0.25, -0.2) is 0 Å². The SMILES string of the molecule is O=c1c(Cc2ccccc2)c([O-])c2ccccc2n1-c1ccccc1. The molecule has 0 N–H and O–H groups in total. The lowest BCUT2D eigenvalue weighted by Gasteiger charge is -2.21. The maximum atomic E-state index is 13.2. The quantitative estimate of drug-likeness (QED) is 0.577. The predicted octanol–water partition coefficient (Wildman–Crippen LogP) is 3.66. The summed E-state index contributed by atoms with van der Waals surface area (Å²) in [5.41, 5.74) is 2.40. The zero-order valence-corrected chi connectivity index (χ0v) is 13.6. The molecule has 0 saturated heterocycles. The molecular weight excluding hydrogens is 310 g/mol. The molecule has 1 aromatic heterocycles. The first-order valence-electron chi connectivity index (χ1n) is 8.18. The number of nitrogens with zero attached hydrogens (tertiary/aromatic N) is 1. The van der Waals surface area contributed by atoms with Crippen molar-refractivity contribution in [3.8, 4) is 11.4 Å². The van der Waals surface area contributed by atoms with Crippen molar-refractivity contribution in [3.63, 3.8) is 0 Å². The molecule has 0 amide bonds. The van der Waals surface area contributed by atoms with Gasteiger partial charge in [-0.05, 0) is 29.1 Å². The summed E-state index contributed by atoms with van der Waals surface area (Å²) in [7, 11) is 0. The van der Waals surface area contributed by atoms with Crippen LogP contribution in [0.25, 0.3) is 16.6 Å². The Kier molecular flexibility index (Phi) is 3.82. The molecule has 0 radical (unpaired) electrons. The lowest BCUT2D eigenvalue weighted by molar-refractivity contribution is -0.267. The second-order valence-electron chi connectivity index (χ2n) is 5.96. The Balaban J connectivity index is 2.03. The van der Waals surface area contributed by atoms with Gasteiger partial charge in [-0.3, -0.25) is 9.36 Å². The number of aromatic nitrogens is 1. The van der Waals surface area contributed by atoms with Crippen LogP contribution >= 0.6 is 0 Å². The number of rotatable bonds is 3. The summed E-state index contributed by atoms with van der Waals surface area (Å²) in [4.78, 5) is 13.2. The maximum Gasteiger partial charge on any atom is 0.258 e. The number of benzene rings is 3. The first-order valence-corrected chi connectivity index (χ1v) is 8.18. The Morgan fingerprint density at radius 1 is 0.760 bits per heavy atom. The predicted molar refractivity (Wildman–Crippen MR) is 98.2 cm³/mol. The van der Waals surface area contributed by atoms with E-state index in [0.717, 1.165) is 11.3 Å². The molecule has 0 bridgehead atoms. The smallest absolute Gasteiger partial charge is 0.258 e. The van der Waals surface area contributed by atoms with Gasteiger partial charge in [0.05, 0.1) is 5.52 Å². The number of hydrogen-bond acceptors (Lipinski definition) is 2. The fourth-order valence-electron chi connectivity index (χ4n) is 3.15. The highest BCUT2D eigenvalue weighted by atomic mass is 16.3. The van der Waals surface area contributed by atoms with Crippen molar-refractivity contribution in [1.29, 1.82) is 0 Å². The highest BCUT2D eigenvalue weighted by Crippen LogP contribution is 2.27. The van der Waals surface area contributed by atoms with E-state index in [1.165, 1.54) is 0 Å². The summed E-state index contributed by atoms with van der Waals surface area (Å²) in [5, 5.41) is 13.5. The molecule has 0 unspecified atom stereocenters. The standard InChI is InChI=1S/C22H17NO2/c24-21-18-13-7-8-14-20(18)23(17-11-5-2-6-12-17)22(25)19(21)15-16-9-3-1-4-10-16/h1-14,24H,15H2/p-1. The molecule has 0 spiro atoms. The van der Waals surface area contributed by atoms with Crippen LogP contribution in [-0.4, -0.2) is 4.57 Å². The highest BCUT2D eigenvalue weighted by Gasteiger charge is 2.13. The first kappa shape index (κ1) is 15.2. The van der Waals surface area contributed by atoms with Gasteiger partial charge in [0, 0.05) is 17.7 Å². The third kappa shape index (κ3) is 2.70. The van der Waals surface area contributed by atoms with Crippen LogP contribution in [0, 0.1) is 0 Å². The summed E-state index contributed by atoms with van der Waals surface area (Å²) in [6.07, 6.45) is 0.330. The number of fused-ring (bicyclic) bond motifs is 1. The van der Waals surface area contributed by atoms with Gasteiger partial charge in [0.1, 0.15) is 0 Å². The van der Waals surface area contributed by atoms with Gasteiger partial charge in [0.15, 0.2) is 0 Å². The zero-order chi connectivity index (χ0) is 17.2. The minimum absolute atomic E-state index is 0.184. The lowest BCUT2D eigenvalue weighted by Crippen LogP contribution is -2.25. The van der Waals surface area contributed by atoms with E-state index in [1.807, 2.05) is 78.9 Å². The van der Waals surface area contributed by atoms with E-state index in [9.17, 15) is 9.90 Å². The second kappa shape index (κ2) is 6.29. The van der Waals surface area contributed by atoms with Crippen LogP contribution in [0.1, 0.15) is 11.1 Å². The molecule has 0 atom stereocenters. The third-order valence-corrected chi connectivity index (χ3v) is 4.36. The minimum atomic E-state index is -0.251. The Bertz CT molecular complexity index is 1080. The van der Waals surface area contributed by atoms with E-state index < -0.39 is 0 Å². The van der Waals surface area contributed by atoms with Crippen molar-refractivity contribution >= 4 is 10.9 Å². The summed E-state index contributed by atoms with van der Waals surface area (Å²) in [5.74, 6) is -0.184.